The minimum absolute atomic E-state index is 0.329. The van der Waals surface area contributed by atoms with Gasteiger partial charge in [-0.3, -0.25) is 0 Å². The van der Waals surface area contributed by atoms with Gasteiger partial charge in [0.25, 0.3) is 0 Å². The highest BCUT2D eigenvalue weighted by atomic mass is 16.3. The smallest absolute Gasteiger partial charge is 0.0433 e. The Kier molecular flexibility index (Phi) is 21.9. The third-order valence-corrected chi connectivity index (χ3v) is 3.65. The van der Waals surface area contributed by atoms with E-state index in [1.807, 2.05) is 6.08 Å². The Morgan fingerprint density at radius 2 is 1.45 bits per heavy atom. The second-order valence-corrected chi connectivity index (χ2v) is 6.40. The van der Waals surface area contributed by atoms with E-state index in [-0.39, 0.29) is 0 Å². The fourth-order valence-corrected chi connectivity index (χ4v) is 2.13. The van der Waals surface area contributed by atoms with E-state index >= 15 is 0 Å². The summed E-state index contributed by atoms with van der Waals surface area (Å²) in [5, 5.41) is 17.1. The van der Waals surface area contributed by atoms with Gasteiger partial charge in [0.1, 0.15) is 0 Å². The van der Waals surface area contributed by atoms with Gasteiger partial charge in [-0.15, -0.1) is 6.58 Å². The molecule has 0 aromatic heterocycles. The molecule has 1 unspecified atom stereocenters. The van der Waals surface area contributed by atoms with Crippen molar-refractivity contribution in [1.82, 2.24) is 0 Å². The van der Waals surface area contributed by atoms with Gasteiger partial charge >= 0.3 is 0 Å². The molecule has 0 aromatic carbocycles. The molecule has 0 aliphatic carbocycles. The minimum Gasteiger partial charge on any atom is -0.396 e. The van der Waals surface area contributed by atoms with Crippen LogP contribution in [0.5, 0.6) is 0 Å². The number of hydrogen-bond acceptors (Lipinski definition) is 2. The summed E-state index contributed by atoms with van der Waals surface area (Å²) in [6, 6.07) is 0. The van der Waals surface area contributed by atoms with E-state index < -0.39 is 0 Å². The quantitative estimate of drug-likeness (QED) is 0.341. The molecule has 0 spiro atoms. The van der Waals surface area contributed by atoms with Crippen LogP contribution in [0.15, 0.2) is 24.3 Å². The zero-order chi connectivity index (χ0) is 17.1. The van der Waals surface area contributed by atoms with Crippen LogP contribution in [0, 0.1) is 5.92 Å². The lowest BCUT2D eigenvalue weighted by Gasteiger charge is -2.06. The number of hydrogen-bond donors (Lipinski definition) is 2. The van der Waals surface area contributed by atoms with E-state index in [0.29, 0.717) is 19.1 Å². The molecule has 0 saturated carbocycles. The number of aliphatic hydroxyl groups excluding tert-OH is 2. The molecule has 0 fully saturated rings. The molecule has 22 heavy (non-hydrogen) atoms. The lowest BCUT2D eigenvalue weighted by atomic mass is 10.0. The number of rotatable bonds is 13. The van der Waals surface area contributed by atoms with Gasteiger partial charge in [-0.25, -0.2) is 0 Å². The fourth-order valence-electron chi connectivity index (χ4n) is 2.13. The highest BCUT2D eigenvalue weighted by Gasteiger charge is 1.98. The summed E-state index contributed by atoms with van der Waals surface area (Å²) >= 11 is 0. The zero-order valence-electron chi connectivity index (χ0n) is 15.3. The van der Waals surface area contributed by atoms with E-state index in [0.717, 1.165) is 25.7 Å². The standard InChI is InChI=1S/2C10H20O/c1-9(2)5-4-6-10(3)7-8-11;1-2-3-4-5-6-7-8-9-10-11/h5,10-11H,4,6-8H2,1-3H3;2,11H,1,3-10H2. The summed E-state index contributed by atoms with van der Waals surface area (Å²) in [4.78, 5) is 0. The summed E-state index contributed by atoms with van der Waals surface area (Å²) in [5.74, 6) is 0.663. The Bertz CT molecular complexity index is 242. The summed E-state index contributed by atoms with van der Waals surface area (Å²) in [7, 11) is 0. The van der Waals surface area contributed by atoms with Crippen molar-refractivity contribution in [2.24, 2.45) is 5.92 Å². The number of aliphatic hydroxyl groups is 2. The lowest BCUT2D eigenvalue weighted by molar-refractivity contribution is 0.259. The largest absolute Gasteiger partial charge is 0.396 e. The van der Waals surface area contributed by atoms with Gasteiger partial charge < -0.3 is 10.2 Å². The highest BCUT2D eigenvalue weighted by molar-refractivity contribution is 4.92. The van der Waals surface area contributed by atoms with E-state index in [4.69, 9.17) is 10.2 Å². The van der Waals surface area contributed by atoms with Crippen molar-refractivity contribution in [3.8, 4) is 0 Å². The molecule has 0 aliphatic rings. The van der Waals surface area contributed by atoms with Crippen LogP contribution in [-0.2, 0) is 0 Å². The van der Waals surface area contributed by atoms with Crippen molar-refractivity contribution in [2.75, 3.05) is 13.2 Å². The first-order valence-electron chi connectivity index (χ1n) is 9.04. The molecule has 2 N–H and O–H groups in total. The van der Waals surface area contributed by atoms with Crippen molar-refractivity contribution >= 4 is 0 Å². The van der Waals surface area contributed by atoms with Gasteiger partial charge in [-0.05, 0) is 58.3 Å². The third-order valence-electron chi connectivity index (χ3n) is 3.65. The highest BCUT2D eigenvalue weighted by Crippen LogP contribution is 2.10. The van der Waals surface area contributed by atoms with Crippen LogP contribution in [-0.4, -0.2) is 23.4 Å². The van der Waals surface area contributed by atoms with Gasteiger partial charge in [-0.1, -0.05) is 50.3 Å². The first kappa shape index (κ1) is 23.7. The fraction of sp³-hybridized carbons (Fsp3) is 0.800. The minimum atomic E-state index is 0.329. The van der Waals surface area contributed by atoms with E-state index in [1.165, 1.54) is 44.1 Å². The maximum atomic E-state index is 8.63. The summed E-state index contributed by atoms with van der Waals surface area (Å²) in [6.45, 7) is 10.8. The van der Waals surface area contributed by atoms with Gasteiger partial charge in [0, 0.05) is 13.2 Å². The van der Waals surface area contributed by atoms with Gasteiger partial charge in [0.15, 0.2) is 0 Å². The summed E-state index contributed by atoms with van der Waals surface area (Å²) in [5.41, 5.74) is 1.39. The van der Waals surface area contributed by atoms with Gasteiger partial charge in [0.2, 0.25) is 0 Å². The molecule has 132 valence electrons. The van der Waals surface area contributed by atoms with Crippen molar-refractivity contribution in [1.29, 1.82) is 0 Å². The Labute approximate surface area is 139 Å². The zero-order valence-corrected chi connectivity index (χ0v) is 15.3. The molecular weight excluding hydrogens is 272 g/mol. The lowest BCUT2D eigenvalue weighted by Crippen LogP contribution is -1.96. The molecule has 2 nitrogen and oxygen atoms in total. The molecule has 0 amide bonds. The first-order chi connectivity index (χ1) is 10.6. The SMILES string of the molecule is C=CCCCCCCCCO.CC(C)=CCCC(C)CCO. The van der Waals surface area contributed by atoms with E-state index in [2.05, 4.69) is 33.4 Å². The molecule has 0 heterocycles. The summed E-state index contributed by atoms with van der Waals surface area (Å²) < 4.78 is 0. The monoisotopic (exact) mass is 312 g/mol. The van der Waals surface area contributed by atoms with Crippen LogP contribution < -0.4 is 0 Å². The normalized spacial score (nSPS) is 11.3. The molecule has 0 aliphatic heterocycles. The molecule has 0 aromatic rings. The molecule has 0 bridgehead atoms. The predicted octanol–water partition coefficient (Wildman–Crippen LogP) is 5.65. The van der Waals surface area contributed by atoms with Crippen molar-refractivity contribution in [3.63, 3.8) is 0 Å². The maximum Gasteiger partial charge on any atom is 0.0433 e. The third kappa shape index (κ3) is 24.4. The van der Waals surface area contributed by atoms with Crippen LogP contribution in [0.1, 0.15) is 85.0 Å². The Morgan fingerprint density at radius 3 is 1.95 bits per heavy atom. The Hall–Kier alpha value is -0.600. The maximum absolute atomic E-state index is 8.63. The topological polar surface area (TPSA) is 40.5 Å². The molecule has 2 heteroatoms. The second-order valence-electron chi connectivity index (χ2n) is 6.40. The number of allylic oxidation sites excluding steroid dienone is 3. The number of unbranched alkanes of at least 4 members (excludes halogenated alkanes) is 6. The van der Waals surface area contributed by atoms with E-state index in [9.17, 15) is 0 Å². The van der Waals surface area contributed by atoms with Crippen molar-refractivity contribution < 1.29 is 10.2 Å². The van der Waals surface area contributed by atoms with Gasteiger partial charge in [-0.2, -0.15) is 0 Å². The average Bonchev–Trinajstić information content (AvgIpc) is 2.47. The second kappa shape index (κ2) is 20.4. The molecular formula is C20H40O2. The van der Waals surface area contributed by atoms with Crippen molar-refractivity contribution in [2.45, 2.75) is 85.0 Å². The summed E-state index contributed by atoms with van der Waals surface area (Å²) in [6.07, 6.45) is 16.0. The van der Waals surface area contributed by atoms with Gasteiger partial charge in [0.05, 0.1) is 0 Å². The molecule has 1 atom stereocenters. The van der Waals surface area contributed by atoms with Crippen LogP contribution in [0.4, 0.5) is 0 Å². The Morgan fingerprint density at radius 1 is 0.864 bits per heavy atom. The van der Waals surface area contributed by atoms with Crippen LogP contribution in [0.2, 0.25) is 0 Å². The molecule has 0 saturated heterocycles. The first-order valence-corrected chi connectivity index (χ1v) is 9.04. The van der Waals surface area contributed by atoms with Crippen molar-refractivity contribution in [3.05, 3.63) is 24.3 Å². The van der Waals surface area contributed by atoms with Crippen LogP contribution in [0.25, 0.3) is 0 Å². The van der Waals surface area contributed by atoms with Crippen LogP contribution >= 0.6 is 0 Å². The van der Waals surface area contributed by atoms with Crippen LogP contribution in [0.3, 0.4) is 0 Å². The molecule has 0 radical (unpaired) electrons. The average molecular weight is 313 g/mol. The van der Waals surface area contributed by atoms with E-state index in [1.54, 1.807) is 0 Å². The Balaban J connectivity index is 0. The molecule has 0 rings (SSSR count). The predicted molar refractivity (Wildman–Crippen MR) is 99.1 cm³/mol.